The summed E-state index contributed by atoms with van der Waals surface area (Å²) in [6.45, 7) is 0.255. The Hall–Kier alpha value is -2.43. The highest BCUT2D eigenvalue weighted by molar-refractivity contribution is 8.03. The summed E-state index contributed by atoms with van der Waals surface area (Å²) in [7, 11) is 0. The molecule has 0 N–H and O–H groups in total. The number of nitrogens with zero attached hydrogens (tertiary/aromatic N) is 3. The Kier molecular flexibility index (Phi) is 5.33. The van der Waals surface area contributed by atoms with Crippen LogP contribution in [0.5, 0.6) is 0 Å². The van der Waals surface area contributed by atoms with E-state index in [9.17, 15) is 14.4 Å². The minimum Gasteiger partial charge on any atom is -0.341 e. The lowest BCUT2D eigenvalue weighted by Crippen LogP contribution is -2.47. The van der Waals surface area contributed by atoms with Gasteiger partial charge < -0.3 is 4.90 Å². The summed E-state index contributed by atoms with van der Waals surface area (Å²) in [5.74, 6) is -0.0931. The van der Waals surface area contributed by atoms with Crippen molar-refractivity contribution in [1.29, 1.82) is 5.26 Å². The number of fused-ring (bicyclic) bond motifs is 1. The van der Waals surface area contributed by atoms with Gasteiger partial charge in [0.25, 0.3) is 0 Å². The van der Waals surface area contributed by atoms with Gasteiger partial charge in [0.1, 0.15) is 5.82 Å². The average molecular weight is 412 g/mol. The Bertz CT molecular complexity index is 984. The van der Waals surface area contributed by atoms with Gasteiger partial charge in [0.05, 0.1) is 34.9 Å². The molecule has 142 valence electrons. The molecule has 28 heavy (non-hydrogen) atoms. The largest absolute Gasteiger partial charge is 0.341 e. The first-order valence-corrected chi connectivity index (χ1v) is 11.0. The molecule has 2 heterocycles. The summed E-state index contributed by atoms with van der Waals surface area (Å²) in [6, 6.07) is 16.9. The molecule has 0 aliphatic carbocycles. The molecule has 1 unspecified atom stereocenters. The number of benzene rings is 2. The highest BCUT2D eigenvalue weighted by Crippen LogP contribution is 2.43. The SMILES string of the molecule is CSc1ccc(C2CC(=O)N3CN(c4ccccc4F)CSC3=C2C#N)cc1. The fraction of sp³-hybridized carbons (Fsp3) is 0.238. The standard InChI is InChI=1S/C21H18FN3OS2/c1-27-15-8-6-14(7-9-15)16-10-20(26)25-12-24(13-28-21(25)17(16)11-23)19-5-3-2-4-18(19)22/h2-9,16H,10,12-13H2,1H3. The number of nitriles is 1. The van der Waals surface area contributed by atoms with E-state index >= 15 is 0 Å². The fourth-order valence-corrected chi connectivity index (χ4v) is 5.11. The summed E-state index contributed by atoms with van der Waals surface area (Å²) >= 11 is 3.07. The molecule has 4 rings (SSSR count). The van der Waals surface area contributed by atoms with Gasteiger partial charge in [0.2, 0.25) is 5.91 Å². The molecule has 0 aromatic heterocycles. The second-order valence-corrected chi connectivity index (χ2v) is 8.40. The van der Waals surface area contributed by atoms with E-state index in [0.29, 0.717) is 22.2 Å². The van der Waals surface area contributed by atoms with Gasteiger partial charge in [-0.25, -0.2) is 4.39 Å². The summed E-state index contributed by atoms with van der Waals surface area (Å²) in [6.07, 6.45) is 2.26. The number of para-hydroxylation sites is 1. The van der Waals surface area contributed by atoms with Crippen molar-refractivity contribution in [2.75, 3.05) is 23.7 Å². The third kappa shape index (κ3) is 3.38. The third-order valence-electron chi connectivity index (χ3n) is 5.00. The lowest BCUT2D eigenvalue weighted by molar-refractivity contribution is -0.129. The van der Waals surface area contributed by atoms with Crippen molar-refractivity contribution < 1.29 is 9.18 Å². The van der Waals surface area contributed by atoms with E-state index in [1.807, 2.05) is 35.4 Å². The maximum Gasteiger partial charge on any atom is 0.229 e. The second kappa shape index (κ2) is 7.90. The van der Waals surface area contributed by atoms with Crippen LogP contribution in [0.25, 0.3) is 0 Å². The maximum atomic E-state index is 14.2. The second-order valence-electron chi connectivity index (χ2n) is 6.59. The Labute approximate surface area is 172 Å². The van der Waals surface area contributed by atoms with Gasteiger partial charge in [-0.15, -0.1) is 11.8 Å². The highest BCUT2D eigenvalue weighted by Gasteiger charge is 2.38. The van der Waals surface area contributed by atoms with E-state index in [2.05, 4.69) is 6.07 Å². The van der Waals surface area contributed by atoms with E-state index in [1.165, 1.54) is 17.8 Å². The van der Waals surface area contributed by atoms with Crippen LogP contribution in [0.1, 0.15) is 17.9 Å². The number of thioether (sulfide) groups is 2. The molecule has 0 spiro atoms. The Morgan fingerprint density at radius 3 is 2.64 bits per heavy atom. The number of amides is 1. The lowest BCUT2D eigenvalue weighted by atomic mass is 9.86. The molecule has 7 heteroatoms. The lowest BCUT2D eigenvalue weighted by Gasteiger charge is -2.42. The first kappa shape index (κ1) is 18.9. The molecule has 2 aliphatic heterocycles. The monoisotopic (exact) mass is 411 g/mol. The van der Waals surface area contributed by atoms with Crippen molar-refractivity contribution in [1.82, 2.24) is 4.90 Å². The number of rotatable bonds is 3. The van der Waals surface area contributed by atoms with E-state index < -0.39 is 0 Å². The van der Waals surface area contributed by atoms with Gasteiger partial charge in [0.15, 0.2) is 0 Å². The molecular formula is C21H18FN3OS2. The topological polar surface area (TPSA) is 47.3 Å². The number of carbonyl (C=O) groups is 1. The molecule has 0 radical (unpaired) electrons. The van der Waals surface area contributed by atoms with Crippen LogP contribution in [0.15, 0.2) is 64.0 Å². The van der Waals surface area contributed by atoms with Gasteiger partial charge in [-0.2, -0.15) is 5.26 Å². The predicted molar refractivity (Wildman–Crippen MR) is 111 cm³/mol. The number of hydrogen-bond donors (Lipinski definition) is 0. The Morgan fingerprint density at radius 1 is 1.21 bits per heavy atom. The van der Waals surface area contributed by atoms with E-state index in [1.54, 1.807) is 34.9 Å². The minimum atomic E-state index is -0.313. The fourth-order valence-electron chi connectivity index (χ4n) is 3.54. The summed E-state index contributed by atoms with van der Waals surface area (Å²) < 4.78 is 14.2. The van der Waals surface area contributed by atoms with Crippen molar-refractivity contribution in [3.63, 3.8) is 0 Å². The van der Waals surface area contributed by atoms with Crippen molar-refractivity contribution in [2.45, 2.75) is 17.2 Å². The van der Waals surface area contributed by atoms with Crippen molar-refractivity contribution in [3.05, 3.63) is 70.5 Å². The minimum absolute atomic E-state index is 0.0403. The molecule has 1 fully saturated rings. The zero-order valence-electron chi connectivity index (χ0n) is 15.3. The van der Waals surface area contributed by atoms with E-state index in [4.69, 9.17) is 0 Å². The highest BCUT2D eigenvalue weighted by atomic mass is 32.2. The molecule has 2 aliphatic rings. The number of halogens is 1. The summed E-state index contributed by atoms with van der Waals surface area (Å²) in [5.41, 5.74) is 2.07. The van der Waals surface area contributed by atoms with Crippen LogP contribution in [0.4, 0.5) is 10.1 Å². The zero-order chi connectivity index (χ0) is 19.7. The predicted octanol–water partition coefficient (Wildman–Crippen LogP) is 4.77. The first-order valence-electron chi connectivity index (χ1n) is 8.83. The molecule has 2 aromatic rings. The maximum absolute atomic E-state index is 14.2. The first-order chi connectivity index (χ1) is 13.6. The van der Waals surface area contributed by atoms with Crippen LogP contribution in [0.2, 0.25) is 0 Å². The van der Waals surface area contributed by atoms with Gasteiger partial charge in [-0.1, -0.05) is 36.0 Å². The van der Waals surface area contributed by atoms with Gasteiger partial charge in [0, 0.05) is 17.2 Å². The van der Waals surface area contributed by atoms with Crippen LogP contribution in [-0.2, 0) is 4.79 Å². The summed E-state index contributed by atoms with van der Waals surface area (Å²) in [5, 5.41) is 10.5. The molecule has 4 nitrogen and oxygen atoms in total. The molecule has 0 bridgehead atoms. The Morgan fingerprint density at radius 2 is 1.96 bits per heavy atom. The number of anilines is 1. The molecule has 1 amide bonds. The zero-order valence-corrected chi connectivity index (χ0v) is 16.9. The molecule has 1 atom stereocenters. The number of carbonyl (C=O) groups excluding carboxylic acids is 1. The van der Waals surface area contributed by atoms with Crippen LogP contribution in [-0.4, -0.2) is 29.6 Å². The van der Waals surface area contributed by atoms with Crippen LogP contribution in [0, 0.1) is 17.1 Å². The number of hydrogen-bond acceptors (Lipinski definition) is 5. The van der Waals surface area contributed by atoms with Crippen molar-refractivity contribution in [3.8, 4) is 6.07 Å². The van der Waals surface area contributed by atoms with Gasteiger partial charge >= 0.3 is 0 Å². The van der Waals surface area contributed by atoms with Crippen LogP contribution < -0.4 is 4.90 Å². The molecular weight excluding hydrogens is 393 g/mol. The van der Waals surface area contributed by atoms with Crippen molar-refractivity contribution >= 4 is 35.1 Å². The molecule has 2 aromatic carbocycles. The average Bonchev–Trinajstić information content (AvgIpc) is 2.74. The van der Waals surface area contributed by atoms with E-state index in [-0.39, 0.29) is 30.7 Å². The number of allylic oxidation sites excluding steroid dienone is 1. The van der Waals surface area contributed by atoms with E-state index in [0.717, 1.165) is 10.5 Å². The quantitative estimate of drug-likeness (QED) is 0.681. The third-order valence-corrected chi connectivity index (χ3v) is 6.90. The van der Waals surface area contributed by atoms with Gasteiger partial charge in [-0.3, -0.25) is 9.69 Å². The normalized spacial score (nSPS) is 19.5. The smallest absolute Gasteiger partial charge is 0.229 e. The summed E-state index contributed by atoms with van der Waals surface area (Å²) in [4.78, 5) is 17.5. The van der Waals surface area contributed by atoms with Crippen molar-refractivity contribution in [2.24, 2.45) is 0 Å². The molecule has 1 saturated heterocycles. The van der Waals surface area contributed by atoms with Crippen LogP contribution >= 0.6 is 23.5 Å². The Balaban J connectivity index is 1.66. The van der Waals surface area contributed by atoms with Crippen LogP contribution in [0.3, 0.4) is 0 Å². The molecule has 0 saturated carbocycles. The van der Waals surface area contributed by atoms with Gasteiger partial charge in [-0.05, 0) is 36.1 Å².